The molecule has 0 aromatic rings. The molecule has 0 atom stereocenters. The second-order valence-corrected chi connectivity index (χ2v) is 2.22. The van der Waals surface area contributed by atoms with E-state index in [4.69, 9.17) is 0 Å². The minimum absolute atomic E-state index is 0.365. The largest absolute Gasteiger partial charge is 0.463 e. The van der Waals surface area contributed by atoms with Crippen LogP contribution in [0.2, 0.25) is 0 Å². The maximum Gasteiger partial charge on any atom is 0.293 e. The van der Waals surface area contributed by atoms with Crippen molar-refractivity contribution < 1.29 is 9.53 Å². The molecular formula is C9H10O2. The van der Waals surface area contributed by atoms with E-state index in [0.717, 1.165) is 12.0 Å². The van der Waals surface area contributed by atoms with Gasteiger partial charge in [-0.2, -0.15) is 0 Å². The zero-order valence-electron chi connectivity index (χ0n) is 6.19. The smallest absolute Gasteiger partial charge is 0.293 e. The van der Waals surface area contributed by atoms with Crippen molar-refractivity contribution in [2.24, 2.45) is 0 Å². The van der Waals surface area contributed by atoms with Crippen LogP contribution in [0.25, 0.3) is 0 Å². The lowest BCUT2D eigenvalue weighted by Crippen LogP contribution is -1.92. The van der Waals surface area contributed by atoms with Crippen LogP contribution in [0.1, 0.15) is 6.42 Å². The molecule has 0 radical (unpaired) electrons. The summed E-state index contributed by atoms with van der Waals surface area (Å²) in [5.74, 6) is 0. The highest BCUT2D eigenvalue weighted by Crippen LogP contribution is 2.03. The number of ether oxygens (including phenoxy) is 1. The molecule has 0 fully saturated rings. The summed E-state index contributed by atoms with van der Waals surface area (Å²) in [6, 6.07) is 0. The Balaban J connectivity index is 2.48. The molecule has 2 heteroatoms. The first-order valence-electron chi connectivity index (χ1n) is 3.51. The van der Waals surface area contributed by atoms with Crippen molar-refractivity contribution in [3.8, 4) is 0 Å². The summed E-state index contributed by atoms with van der Waals surface area (Å²) >= 11 is 0. The number of hydrogen-bond donors (Lipinski definition) is 0. The Morgan fingerprint density at radius 3 is 3.27 bits per heavy atom. The molecular weight excluding hydrogens is 140 g/mol. The molecule has 1 aliphatic carbocycles. The SMILES string of the molecule is O=COCC1=CC=CCC=C1. The van der Waals surface area contributed by atoms with Crippen molar-refractivity contribution in [2.75, 3.05) is 6.61 Å². The Hall–Kier alpha value is -1.31. The second kappa shape index (κ2) is 4.50. The van der Waals surface area contributed by atoms with E-state index in [9.17, 15) is 4.79 Å². The van der Waals surface area contributed by atoms with E-state index in [0.29, 0.717) is 13.1 Å². The van der Waals surface area contributed by atoms with Crippen LogP contribution in [-0.2, 0) is 9.53 Å². The zero-order valence-corrected chi connectivity index (χ0v) is 6.19. The molecule has 0 bridgehead atoms. The zero-order chi connectivity index (χ0) is 7.94. The number of rotatable bonds is 3. The molecule has 1 aliphatic rings. The molecule has 11 heavy (non-hydrogen) atoms. The van der Waals surface area contributed by atoms with Gasteiger partial charge in [-0.05, 0) is 12.0 Å². The molecule has 0 heterocycles. The Morgan fingerprint density at radius 2 is 2.45 bits per heavy atom. The van der Waals surface area contributed by atoms with Gasteiger partial charge in [-0.25, -0.2) is 0 Å². The van der Waals surface area contributed by atoms with Crippen molar-refractivity contribution >= 4 is 6.47 Å². The average Bonchev–Trinajstić information content (AvgIpc) is 2.28. The molecule has 2 nitrogen and oxygen atoms in total. The maximum atomic E-state index is 9.84. The van der Waals surface area contributed by atoms with Crippen LogP contribution in [0.5, 0.6) is 0 Å². The maximum absolute atomic E-state index is 9.84. The molecule has 0 aromatic carbocycles. The van der Waals surface area contributed by atoms with Crippen molar-refractivity contribution in [3.63, 3.8) is 0 Å². The molecule has 0 saturated heterocycles. The van der Waals surface area contributed by atoms with Crippen LogP contribution < -0.4 is 0 Å². The van der Waals surface area contributed by atoms with E-state index < -0.39 is 0 Å². The van der Waals surface area contributed by atoms with Crippen molar-refractivity contribution in [1.82, 2.24) is 0 Å². The minimum Gasteiger partial charge on any atom is -0.463 e. The van der Waals surface area contributed by atoms with Crippen molar-refractivity contribution in [2.45, 2.75) is 6.42 Å². The summed E-state index contributed by atoms with van der Waals surface area (Å²) in [6.07, 6.45) is 10.9. The topological polar surface area (TPSA) is 26.3 Å². The van der Waals surface area contributed by atoms with Crippen molar-refractivity contribution in [1.29, 1.82) is 0 Å². The van der Waals surface area contributed by atoms with Crippen LogP contribution in [0.4, 0.5) is 0 Å². The molecule has 0 saturated carbocycles. The summed E-state index contributed by atoms with van der Waals surface area (Å²) in [6.45, 7) is 0.827. The first-order valence-corrected chi connectivity index (χ1v) is 3.51. The highest BCUT2D eigenvalue weighted by atomic mass is 16.5. The molecule has 1 rings (SSSR count). The third-order valence-electron chi connectivity index (χ3n) is 1.37. The average molecular weight is 150 g/mol. The van der Waals surface area contributed by atoms with Crippen LogP contribution in [0.3, 0.4) is 0 Å². The van der Waals surface area contributed by atoms with Crippen molar-refractivity contribution in [3.05, 3.63) is 36.0 Å². The Bertz CT molecular complexity index is 212. The lowest BCUT2D eigenvalue weighted by molar-refractivity contribution is -0.127. The van der Waals surface area contributed by atoms with Gasteiger partial charge < -0.3 is 4.74 Å². The van der Waals surface area contributed by atoms with E-state index in [2.05, 4.69) is 4.74 Å². The first-order chi connectivity index (χ1) is 5.43. The van der Waals surface area contributed by atoms with Gasteiger partial charge in [0.15, 0.2) is 0 Å². The molecule has 0 unspecified atom stereocenters. The van der Waals surface area contributed by atoms with Gasteiger partial charge in [0.1, 0.15) is 6.61 Å². The highest BCUT2D eigenvalue weighted by molar-refractivity contribution is 5.39. The number of hydrogen-bond acceptors (Lipinski definition) is 2. The van der Waals surface area contributed by atoms with Crippen LogP contribution >= 0.6 is 0 Å². The standard InChI is InChI=1S/C9H10O2/c10-8-11-7-9-5-3-1-2-4-6-9/h1,3-6,8H,2,7H2. The molecule has 0 aliphatic heterocycles. The fourth-order valence-electron chi connectivity index (χ4n) is 0.850. The summed E-state index contributed by atoms with van der Waals surface area (Å²) in [5.41, 5.74) is 1.02. The fraction of sp³-hybridized carbons (Fsp3) is 0.222. The van der Waals surface area contributed by atoms with Crippen LogP contribution in [-0.4, -0.2) is 13.1 Å². The summed E-state index contributed by atoms with van der Waals surface area (Å²) in [5, 5.41) is 0. The van der Waals surface area contributed by atoms with Gasteiger partial charge in [-0.3, -0.25) is 4.79 Å². The highest BCUT2D eigenvalue weighted by Gasteiger charge is 1.91. The number of allylic oxidation sites excluding steroid dienone is 4. The summed E-state index contributed by atoms with van der Waals surface area (Å²) in [4.78, 5) is 9.84. The van der Waals surface area contributed by atoms with Gasteiger partial charge in [-0.1, -0.05) is 30.4 Å². The fourth-order valence-corrected chi connectivity index (χ4v) is 0.850. The van der Waals surface area contributed by atoms with Gasteiger partial charge in [0.05, 0.1) is 0 Å². The van der Waals surface area contributed by atoms with E-state index in [1.807, 2.05) is 30.4 Å². The van der Waals surface area contributed by atoms with Gasteiger partial charge in [0, 0.05) is 0 Å². The summed E-state index contributed by atoms with van der Waals surface area (Å²) < 4.78 is 4.59. The molecule has 0 aromatic heterocycles. The third kappa shape index (κ3) is 2.85. The number of carbonyl (C=O) groups is 1. The Kier molecular flexibility index (Phi) is 3.19. The van der Waals surface area contributed by atoms with Gasteiger partial charge >= 0.3 is 0 Å². The lowest BCUT2D eigenvalue weighted by atomic mass is 10.2. The van der Waals surface area contributed by atoms with Gasteiger partial charge in [0.2, 0.25) is 0 Å². The molecule has 0 spiro atoms. The monoisotopic (exact) mass is 150 g/mol. The third-order valence-corrected chi connectivity index (χ3v) is 1.37. The predicted molar refractivity (Wildman–Crippen MR) is 43.0 cm³/mol. The normalized spacial score (nSPS) is 15.5. The molecule has 0 amide bonds. The van der Waals surface area contributed by atoms with E-state index in [1.54, 1.807) is 0 Å². The van der Waals surface area contributed by atoms with E-state index >= 15 is 0 Å². The quantitative estimate of drug-likeness (QED) is 0.571. The minimum atomic E-state index is 0.365. The van der Waals surface area contributed by atoms with E-state index in [1.165, 1.54) is 0 Å². The lowest BCUT2D eigenvalue weighted by Gasteiger charge is -1.96. The van der Waals surface area contributed by atoms with Gasteiger partial charge in [-0.15, -0.1) is 0 Å². The van der Waals surface area contributed by atoms with Crippen LogP contribution in [0, 0.1) is 0 Å². The molecule has 0 N–H and O–H groups in total. The Morgan fingerprint density at radius 1 is 1.55 bits per heavy atom. The van der Waals surface area contributed by atoms with E-state index in [-0.39, 0.29) is 0 Å². The Labute approximate surface area is 65.9 Å². The van der Waals surface area contributed by atoms with Crippen LogP contribution in [0.15, 0.2) is 36.0 Å². The second-order valence-electron chi connectivity index (χ2n) is 2.22. The molecule has 58 valence electrons. The van der Waals surface area contributed by atoms with Gasteiger partial charge in [0.25, 0.3) is 6.47 Å². The summed E-state index contributed by atoms with van der Waals surface area (Å²) in [7, 11) is 0. The number of carbonyl (C=O) groups excluding carboxylic acids is 1. The first kappa shape index (κ1) is 7.79. The predicted octanol–water partition coefficient (Wildman–Crippen LogP) is 1.60.